The van der Waals surface area contributed by atoms with Crippen LogP contribution in [-0.4, -0.2) is 37.2 Å². The molecular weight excluding hydrogens is 889 g/mol. The Kier molecular flexibility index (Phi) is 56.8. The van der Waals surface area contributed by atoms with Gasteiger partial charge in [0.1, 0.15) is 13.2 Å². The van der Waals surface area contributed by atoms with Crippen LogP contribution < -0.4 is 0 Å². The van der Waals surface area contributed by atoms with Crippen LogP contribution >= 0.6 is 0 Å². The number of rotatable bonds is 54. The Morgan fingerprint density at radius 3 is 0.917 bits per heavy atom. The van der Waals surface area contributed by atoms with Gasteiger partial charge in [0.05, 0.1) is 0 Å². The molecule has 0 bridgehead atoms. The van der Waals surface area contributed by atoms with Gasteiger partial charge in [-0.05, 0) is 96.3 Å². The van der Waals surface area contributed by atoms with E-state index < -0.39 is 6.10 Å². The highest BCUT2D eigenvalue weighted by molar-refractivity contribution is 5.71. The summed E-state index contributed by atoms with van der Waals surface area (Å²) in [7, 11) is 0. The number of ether oxygens (including phenoxy) is 3. The first kappa shape index (κ1) is 68.3. The third kappa shape index (κ3) is 57.2. The van der Waals surface area contributed by atoms with E-state index in [-0.39, 0.29) is 37.5 Å². The van der Waals surface area contributed by atoms with Crippen molar-refractivity contribution in [1.29, 1.82) is 0 Å². The lowest BCUT2D eigenvalue weighted by Crippen LogP contribution is -2.30. The minimum absolute atomic E-state index is 0.0952. The third-order valence-corrected chi connectivity index (χ3v) is 12.8. The number of esters is 3. The molecule has 0 aromatic rings. The van der Waals surface area contributed by atoms with E-state index >= 15 is 0 Å². The molecule has 1 atom stereocenters. The van der Waals surface area contributed by atoms with Crippen LogP contribution in [0.4, 0.5) is 0 Å². The van der Waals surface area contributed by atoms with Gasteiger partial charge in [-0.1, -0.05) is 266 Å². The zero-order chi connectivity index (χ0) is 52.2. The first-order valence-corrected chi connectivity index (χ1v) is 30.2. The fraction of sp³-hybridized carbons (Fsp3) is 0.712. The summed E-state index contributed by atoms with van der Waals surface area (Å²) in [5.74, 6) is -0.954. The van der Waals surface area contributed by atoms with Gasteiger partial charge in [0.25, 0.3) is 0 Å². The third-order valence-electron chi connectivity index (χ3n) is 12.8. The topological polar surface area (TPSA) is 78.9 Å². The molecule has 6 nitrogen and oxygen atoms in total. The monoisotopic (exact) mass is 1000 g/mol. The molecule has 0 aliphatic heterocycles. The Morgan fingerprint density at radius 2 is 0.556 bits per heavy atom. The summed E-state index contributed by atoms with van der Waals surface area (Å²) in [6.45, 7) is 6.49. The SMILES string of the molecule is CC/C=C\C/C=C\C/C=C\C/C=C\C/C=C\C/C=C\C/C=C\CCCC(=O)OCC(COC(=O)CCCCCCCCCCCCCCCC)OC(=O)CCCCCCCCC/C=C\CCCCCCCC. The van der Waals surface area contributed by atoms with Crippen molar-refractivity contribution in [1.82, 2.24) is 0 Å². The first-order valence-electron chi connectivity index (χ1n) is 30.2. The molecule has 0 aliphatic carbocycles. The summed E-state index contributed by atoms with van der Waals surface area (Å²) in [5.41, 5.74) is 0. The number of carbonyl (C=O) groups excluding carboxylic acids is 3. The lowest BCUT2D eigenvalue weighted by molar-refractivity contribution is -0.167. The van der Waals surface area contributed by atoms with Crippen LogP contribution in [0, 0.1) is 0 Å². The predicted octanol–water partition coefficient (Wildman–Crippen LogP) is 20.5. The fourth-order valence-corrected chi connectivity index (χ4v) is 8.31. The second-order valence-corrected chi connectivity index (χ2v) is 19.9. The Morgan fingerprint density at radius 1 is 0.292 bits per heavy atom. The van der Waals surface area contributed by atoms with Crippen LogP contribution in [0.1, 0.15) is 284 Å². The van der Waals surface area contributed by atoms with Gasteiger partial charge < -0.3 is 14.2 Å². The number of allylic oxidation sites excluding steroid dienone is 16. The van der Waals surface area contributed by atoms with Crippen molar-refractivity contribution in [3.63, 3.8) is 0 Å². The Hall–Kier alpha value is -3.67. The average Bonchev–Trinajstić information content (AvgIpc) is 3.38. The van der Waals surface area contributed by atoms with E-state index in [1.165, 1.54) is 148 Å². The lowest BCUT2D eigenvalue weighted by Gasteiger charge is -2.18. The van der Waals surface area contributed by atoms with E-state index in [2.05, 4.69) is 118 Å². The molecule has 0 saturated heterocycles. The molecule has 0 saturated carbocycles. The van der Waals surface area contributed by atoms with Crippen LogP contribution in [0.25, 0.3) is 0 Å². The number of hydrogen-bond donors (Lipinski definition) is 0. The largest absolute Gasteiger partial charge is 0.462 e. The second-order valence-electron chi connectivity index (χ2n) is 19.9. The van der Waals surface area contributed by atoms with Crippen molar-refractivity contribution in [2.75, 3.05) is 13.2 Å². The summed E-state index contributed by atoms with van der Waals surface area (Å²) in [6, 6.07) is 0. The van der Waals surface area contributed by atoms with Gasteiger partial charge in [-0.2, -0.15) is 0 Å². The number of carbonyl (C=O) groups is 3. The van der Waals surface area contributed by atoms with Crippen LogP contribution in [-0.2, 0) is 28.6 Å². The summed E-state index contributed by atoms with van der Waals surface area (Å²) in [5, 5.41) is 0. The smallest absolute Gasteiger partial charge is 0.306 e. The molecule has 0 amide bonds. The average molecular weight is 1000 g/mol. The van der Waals surface area contributed by atoms with Gasteiger partial charge >= 0.3 is 17.9 Å². The van der Waals surface area contributed by atoms with E-state index in [9.17, 15) is 14.4 Å². The Bertz CT molecular complexity index is 1430. The summed E-state index contributed by atoms with van der Waals surface area (Å²) in [4.78, 5) is 38.2. The van der Waals surface area contributed by atoms with Gasteiger partial charge in [-0.15, -0.1) is 0 Å². The quantitative estimate of drug-likeness (QED) is 0.0261. The highest BCUT2D eigenvalue weighted by Gasteiger charge is 2.19. The molecule has 0 rings (SSSR count). The molecule has 0 aromatic heterocycles. The molecule has 72 heavy (non-hydrogen) atoms. The maximum atomic E-state index is 12.9. The minimum atomic E-state index is -0.803. The highest BCUT2D eigenvalue weighted by atomic mass is 16.6. The van der Waals surface area contributed by atoms with E-state index in [0.29, 0.717) is 19.3 Å². The van der Waals surface area contributed by atoms with E-state index in [1.54, 1.807) is 0 Å². The fourth-order valence-electron chi connectivity index (χ4n) is 8.31. The highest BCUT2D eigenvalue weighted by Crippen LogP contribution is 2.15. The maximum Gasteiger partial charge on any atom is 0.306 e. The van der Waals surface area contributed by atoms with Gasteiger partial charge in [-0.3, -0.25) is 14.4 Å². The van der Waals surface area contributed by atoms with Gasteiger partial charge in [0, 0.05) is 19.3 Å². The summed E-state index contributed by atoms with van der Waals surface area (Å²) in [6.07, 6.45) is 79.7. The van der Waals surface area contributed by atoms with Crippen molar-refractivity contribution in [2.45, 2.75) is 290 Å². The molecule has 6 heteroatoms. The van der Waals surface area contributed by atoms with Crippen LogP contribution in [0.2, 0.25) is 0 Å². The summed E-state index contributed by atoms with van der Waals surface area (Å²) >= 11 is 0. The zero-order valence-corrected chi connectivity index (χ0v) is 47.2. The molecule has 0 aromatic carbocycles. The standard InChI is InChI=1S/C66H112O6/c1-4-7-10-13-16-19-22-25-28-30-31-32-33-34-35-37-38-41-44-47-50-53-56-59-65(68)71-62-63(61-70-64(67)58-55-52-49-46-43-40-27-24-21-18-15-12-9-6-3)72-66(69)60-57-54-51-48-45-42-39-36-29-26-23-20-17-14-11-8-5-2/h7,10,16,19,25-26,28-29,31-32,34-35,38,41,47,50,63H,4-6,8-9,11-15,17-18,20-24,27,30,33,36-37,39-40,42-46,48-49,51-62H2,1-3H3/b10-7-,19-16-,28-25-,29-26-,32-31-,35-34-,41-38-,50-47-. The van der Waals surface area contributed by atoms with Gasteiger partial charge in [0.2, 0.25) is 0 Å². The number of hydrogen-bond acceptors (Lipinski definition) is 6. The second kappa shape index (κ2) is 59.9. The van der Waals surface area contributed by atoms with Crippen LogP contribution in [0.15, 0.2) is 97.2 Å². The molecule has 412 valence electrons. The van der Waals surface area contributed by atoms with Crippen molar-refractivity contribution in [3.8, 4) is 0 Å². The molecular formula is C66H112O6. The molecule has 0 fully saturated rings. The van der Waals surface area contributed by atoms with Crippen molar-refractivity contribution >= 4 is 17.9 Å². The lowest BCUT2D eigenvalue weighted by atomic mass is 10.0. The van der Waals surface area contributed by atoms with Crippen molar-refractivity contribution in [3.05, 3.63) is 97.2 Å². The van der Waals surface area contributed by atoms with Crippen molar-refractivity contribution in [2.24, 2.45) is 0 Å². The van der Waals surface area contributed by atoms with Crippen LogP contribution in [0.5, 0.6) is 0 Å². The predicted molar refractivity (Wildman–Crippen MR) is 311 cm³/mol. The first-order chi connectivity index (χ1) is 35.5. The Labute approximate surface area is 445 Å². The molecule has 0 radical (unpaired) electrons. The molecule has 0 spiro atoms. The minimum Gasteiger partial charge on any atom is -0.462 e. The Balaban J connectivity index is 4.47. The molecule has 1 unspecified atom stereocenters. The number of unbranched alkanes of at least 4 members (excludes halogenated alkanes) is 27. The van der Waals surface area contributed by atoms with Gasteiger partial charge in [0.15, 0.2) is 6.10 Å². The maximum absolute atomic E-state index is 12.9. The van der Waals surface area contributed by atoms with E-state index in [1.807, 2.05) is 0 Å². The zero-order valence-electron chi connectivity index (χ0n) is 47.2. The van der Waals surface area contributed by atoms with Crippen molar-refractivity contribution < 1.29 is 28.6 Å². The molecule has 0 heterocycles. The van der Waals surface area contributed by atoms with Gasteiger partial charge in [-0.25, -0.2) is 0 Å². The van der Waals surface area contributed by atoms with E-state index in [4.69, 9.17) is 14.2 Å². The molecule has 0 aliphatic rings. The molecule has 0 N–H and O–H groups in total. The normalized spacial score (nSPS) is 12.8. The van der Waals surface area contributed by atoms with E-state index in [0.717, 1.165) is 89.9 Å². The summed E-state index contributed by atoms with van der Waals surface area (Å²) < 4.78 is 16.8. The van der Waals surface area contributed by atoms with Crippen LogP contribution in [0.3, 0.4) is 0 Å².